The van der Waals surface area contributed by atoms with Crippen molar-refractivity contribution in [1.29, 1.82) is 0 Å². The summed E-state index contributed by atoms with van der Waals surface area (Å²) < 4.78 is 28.5. The van der Waals surface area contributed by atoms with Crippen LogP contribution in [0.1, 0.15) is 27.9 Å². The van der Waals surface area contributed by atoms with Crippen molar-refractivity contribution in [1.82, 2.24) is 4.98 Å². The Labute approximate surface area is 162 Å². The molecule has 3 aromatic rings. The van der Waals surface area contributed by atoms with Crippen LogP contribution in [0.5, 0.6) is 0 Å². The number of hydrogen-bond donors (Lipinski definition) is 0. The van der Waals surface area contributed by atoms with E-state index in [1.807, 2.05) is 52.0 Å². The number of sulfonamides is 1. The molecule has 0 bridgehead atoms. The molecule has 0 N–H and O–H groups in total. The second-order valence-electron chi connectivity index (χ2n) is 6.67. The van der Waals surface area contributed by atoms with Gasteiger partial charge in [-0.1, -0.05) is 18.2 Å². The zero-order valence-corrected chi connectivity index (χ0v) is 17.6. The summed E-state index contributed by atoms with van der Waals surface area (Å²) in [5.74, 6) is 0. The fourth-order valence-corrected chi connectivity index (χ4v) is 7.63. The molecule has 26 heavy (non-hydrogen) atoms. The minimum Gasteiger partial charge on any atom is -0.263 e. The molecule has 136 valence electrons. The highest BCUT2D eigenvalue weighted by Gasteiger charge is 2.37. The molecule has 0 spiro atoms. The smallest absolute Gasteiger partial charge is 0.263 e. The maximum atomic E-state index is 13.5. The third-order valence-corrected chi connectivity index (χ3v) is 9.27. The van der Waals surface area contributed by atoms with Crippen molar-refractivity contribution in [3.8, 4) is 9.88 Å². The van der Waals surface area contributed by atoms with Gasteiger partial charge in [0.15, 0.2) is 0 Å². The van der Waals surface area contributed by atoms with Crippen LogP contribution < -0.4 is 4.31 Å². The topological polar surface area (TPSA) is 50.3 Å². The van der Waals surface area contributed by atoms with Gasteiger partial charge in [0.2, 0.25) is 0 Å². The van der Waals surface area contributed by atoms with Gasteiger partial charge < -0.3 is 0 Å². The van der Waals surface area contributed by atoms with Gasteiger partial charge in [-0.05, 0) is 51.8 Å². The predicted octanol–water partition coefficient (Wildman–Crippen LogP) is 4.94. The van der Waals surface area contributed by atoms with Crippen LogP contribution in [0.25, 0.3) is 9.88 Å². The summed E-state index contributed by atoms with van der Waals surface area (Å²) >= 11 is 3.11. The molecular formula is C19H20N2O2S3. The highest BCUT2D eigenvalue weighted by Crippen LogP contribution is 2.41. The first-order chi connectivity index (χ1) is 12.3. The third kappa shape index (κ3) is 2.69. The van der Waals surface area contributed by atoms with Crippen molar-refractivity contribution >= 4 is 38.4 Å². The molecule has 4 nitrogen and oxygen atoms in total. The molecule has 2 aromatic heterocycles. The average molecular weight is 405 g/mol. The Kier molecular flexibility index (Phi) is 4.21. The minimum atomic E-state index is -3.60. The SMILES string of the molecule is Cc1nc(-c2cc(S(=O)(=O)N3c4ccccc4C[C@@H]3C)c(C)s2)sc1C. The second-order valence-corrected chi connectivity index (χ2v) is 10.9. The van der Waals surface area contributed by atoms with E-state index in [1.54, 1.807) is 21.7 Å². The molecule has 1 aromatic carbocycles. The summed E-state index contributed by atoms with van der Waals surface area (Å²) in [6.45, 7) is 7.86. The molecule has 3 heterocycles. The van der Waals surface area contributed by atoms with Gasteiger partial charge in [-0.15, -0.1) is 22.7 Å². The quantitative estimate of drug-likeness (QED) is 0.621. The molecule has 0 radical (unpaired) electrons. The predicted molar refractivity (Wildman–Crippen MR) is 109 cm³/mol. The number of hydrogen-bond acceptors (Lipinski definition) is 5. The molecule has 0 fully saturated rings. The lowest BCUT2D eigenvalue weighted by Gasteiger charge is -2.24. The van der Waals surface area contributed by atoms with Crippen LogP contribution in [0.15, 0.2) is 35.2 Å². The number of benzene rings is 1. The lowest BCUT2D eigenvalue weighted by molar-refractivity contribution is 0.584. The summed E-state index contributed by atoms with van der Waals surface area (Å²) in [5.41, 5.74) is 2.89. The van der Waals surface area contributed by atoms with E-state index in [2.05, 4.69) is 4.98 Å². The Balaban J connectivity index is 1.80. The number of para-hydroxylation sites is 1. The van der Waals surface area contributed by atoms with Gasteiger partial charge in [0.05, 0.1) is 16.3 Å². The van der Waals surface area contributed by atoms with Gasteiger partial charge in [-0.3, -0.25) is 4.31 Å². The number of aryl methyl sites for hydroxylation is 3. The van der Waals surface area contributed by atoms with Crippen molar-refractivity contribution in [3.63, 3.8) is 0 Å². The fraction of sp³-hybridized carbons (Fsp3) is 0.316. The number of thiazole rings is 1. The van der Waals surface area contributed by atoms with E-state index in [9.17, 15) is 8.42 Å². The fourth-order valence-electron chi connectivity index (χ4n) is 3.41. The van der Waals surface area contributed by atoms with E-state index in [0.717, 1.165) is 43.0 Å². The molecule has 0 saturated carbocycles. The number of anilines is 1. The van der Waals surface area contributed by atoms with Crippen molar-refractivity contribution in [2.24, 2.45) is 0 Å². The molecule has 0 saturated heterocycles. The van der Waals surface area contributed by atoms with Crippen molar-refractivity contribution in [2.45, 2.75) is 45.1 Å². The highest BCUT2D eigenvalue weighted by atomic mass is 32.2. The van der Waals surface area contributed by atoms with Crippen LogP contribution in [0.2, 0.25) is 0 Å². The van der Waals surface area contributed by atoms with Gasteiger partial charge in [-0.2, -0.15) is 0 Å². The average Bonchev–Trinajstić information content (AvgIpc) is 3.23. The zero-order chi connectivity index (χ0) is 18.6. The Morgan fingerprint density at radius 3 is 2.54 bits per heavy atom. The van der Waals surface area contributed by atoms with Gasteiger partial charge in [0, 0.05) is 15.8 Å². The Morgan fingerprint density at radius 1 is 1.12 bits per heavy atom. The first kappa shape index (κ1) is 17.7. The Hall–Kier alpha value is -1.70. The molecule has 7 heteroatoms. The Morgan fingerprint density at radius 2 is 1.85 bits per heavy atom. The molecule has 1 atom stereocenters. The first-order valence-electron chi connectivity index (χ1n) is 8.46. The second kappa shape index (κ2) is 6.18. The highest BCUT2D eigenvalue weighted by molar-refractivity contribution is 7.93. The van der Waals surface area contributed by atoms with Gasteiger partial charge in [0.1, 0.15) is 9.90 Å². The number of aromatic nitrogens is 1. The molecule has 0 unspecified atom stereocenters. The van der Waals surface area contributed by atoms with E-state index < -0.39 is 10.0 Å². The number of fused-ring (bicyclic) bond motifs is 1. The molecular weight excluding hydrogens is 384 g/mol. The van der Waals surface area contributed by atoms with E-state index >= 15 is 0 Å². The van der Waals surface area contributed by atoms with Crippen molar-refractivity contribution < 1.29 is 8.42 Å². The first-order valence-corrected chi connectivity index (χ1v) is 11.5. The van der Waals surface area contributed by atoms with Crippen molar-refractivity contribution in [3.05, 3.63) is 51.3 Å². The maximum absolute atomic E-state index is 13.5. The van der Waals surface area contributed by atoms with Crippen LogP contribution in [0.3, 0.4) is 0 Å². The normalized spacial score (nSPS) is 16.9. The summed E-state index contributed by atoms with van der Waals surface area (Å²) in [6, 6.07) is 9.47. The Bertz CT molecular complexity index is 1080. The van der Waals surface area contributed by atoms with Gasteiger partial charge >= 0.3 is 0 Å². The van der Waals surface area contributed by atoms with Crippen LogP contribution in [0, 0.1) is 20.8 Å². The lowest BCUT2D eigenvalue weighted by atomic mass is 10.1. The van der Waals surface area contributed by atoms with Gasteiger partial charge in [0.25, 0.3) is 10.0 Å². The molecule has 1 aliphatic heterocycles. The lowest BCUT2D eigenvalue weighted by Crippen LogP contribution is -2.35. The molecule has 0 amide bonds. The van der Waals surface area contributed by atoms with Crippen LogP contribution >= 0.6 is 22.7 Å². The summed E-state index contributed by atoms with van der Waals surface area (Å²) in [6.07, 6.45) is 0.746. The summed E-state index contributed by atoms with van der Waals surface area (Å²) in [5, 5.41) is 0.893. The van der Waals surface area contributed by atoms with Crippen LogP contribution in [0.4, 0.5) is 5.69 Å². The largest absolute Gasteiger partial charge is 0.265 e. The monoisotopic (exact) mass is 404 g/mol. The standard InChI is InChI=1S/C19H20N2O2S3/c1-11-9-15-7-5-6-8-16(15)21(11)26(22,23)18-10-17(24-14(18)4)19-20-12(2)13(3)25-19/h5-8,10-11H,9H2,1-4H3/t11-/m0/s1. The number of nitrogens with zero attached hydrogens (tertiary/aromatic N) is 2. The minimum absolute atomic E-state index is 0.0792. The maximum Gasteiger partial charge on any atom is 0.265 e. The molecule has 0 aliphatic carbocycles. The summed E-state index contributed by atoms with van der Waals surface area (Å²) in [7, 11) is -3.60. The van der Waals surface area contributed by atoms with E-state index in [0.29, 0.717) is 4.90 Å². The molecule has 1 aliphatic rings. The van der Waals surface area contributed by atoms with Gasteiger partial charge in [-0.25, -0.2) is 13.4 Å². The van der Waals surface area contributed by atoms with E-state index in [-0.39, 0.29) is 6.04 Å². The van der Waals surface area contributed by atoms with Crippen LogP contribution in [-0.4, -0.2) is 19.4 Å². The molecule has 4 rings (SSSR count). The number of thiophene rings is 1. The third-order valence-electron chi connectivity index (χ3n) is 4.79. The van der Waals surface area contributed by atoms with E-state index in [1.165, 1.54) is 11.3 Å². The van der Waals surface area contributed by atoms with Crippen LogP contribution in [-0.2, 0) is 16.4 Å². The van der Waals surface area contributed by atoms with Crippen molar-refractivity contribution in [2.75, 3.05) is 4.31 Å². The van der Waals surface area contributed by atoms with E-state index in [4.69, 9.17) is 0 Å². The number of rotatable bonds is 3. The zero-order valence-electron chi connectivity index (χ0n) is 15.1. The summed E-state index contributed by atoms with van der Waals surface area (Å²) in [4.78, 5) is 7.87.